The zero-order valence-electron chi connectivity index (χ0n) is 15.5. The van der Waals surface area contributed by atoms with Gasteiger partial charge in [0.1, 0.15) is 6.61 Å². The molecular formula is C20H29NO4. The van der Waals surface area contributed by atoms with Gasteiger partial charge in [0.2, 0.25) is 0 Å². The van der Waals surface area contributed by atoms with Gasteiger partial charge in [-0.15, -0.1) is 0 Å². The van der Waals surface area contributed by atoms with Gasteiger partial charge in [0.05, 0.1) is 19.6 Å². The Balaban J connectivity index is 1.84. The topological polar surface area (TPSA) is 48.0 Å². The molecule has 1 fully saturated rings. The van der Waals surface area contributed by atoms with Crippen molar-refractivity contribution in [1.29, 1.82) is 0 Å². The minimum absolute atomic E-state index is 0.0108. The summed E-state index contributed by atoms with van der Waals surface area (Å²) < 4.78 is 16.5. The summed E-state index contributed by atoms with van der Waals surface area (Å²) in [5, 5.41) is 0. The van der Waals surface area contributed by atoms with E-state index in [1.807, 2.05) is 44.2 Å². The number of esters is 1. The largest absolute Gasteiger partial charge is 0.493 e. The van der Waals surface area contributed by atoms with Crippen LogP contribution in [0.15, 0.2) is 24.3 Å². The normalized spacial score (nSPS) is 18.3. The maximum absolute atomic E-state index is 11.9. The number of carbonyl (C=O) groups excluding carboxylic acids is 1. The third-order valence-electron chi connectivity index (χ3n) is 4.34. The number of nitrogens with zero attached hydrogens (tertiary/aromatic N) is 1. The Morgan fingerprint density at radius 3 is 2.92 bits per heavy atom. The lowest BCUT2D eigenvalue weighted by Gasteiger charge is -2.31. The molecule has 0 aliphatic carbocycles. The number of likely N-dealkylation sites (tertiary alicyclic amines) is 1. The van der Waals surface area contributed by atoms with Crippen molar-refractivity contribution in [3.63, 3.8) is 0 Å². The zero-order valence-corrected chi connectivity index (χ0v) is 15.5. The van der Waals surface area contributed by atoms with E-state index in [2.05, 4.69) is 4.90 Å². The van der Waals surface area contributed by atoms with Crippen molar-refractivity contribution >= 4 is 12.0 Å². The quantitative estimate of drug-likeness (QED) is 0.675. The summed E-state index contributed by atoms with van der Waals surface area (Å²) in [6.07, 6.45) is 5.95. The highest BCUT2D eigenvalue weighted by molar-refractivity contribution is 5.72. The van der Waals surface area contributed by atoms with Gasteiger partial charge in [0, 0.05) is 13.1 Å². The Hall–Kier alpha value is -2.01. The molecule has 1 atom stereocenters. The number of methoxy groups -OCH3 is 1. The molecule has 1 heterocycles. The van der Waals surface area contributed by atoms with Crippen molar-refractivity contribution in [3.05, 3.63) is 29.8 Å². The molecule has 138 valence electrons. The van der Waals surface area contributed by atoms with Gasteiger partial charge in [-0.2, -0.15) is 0 Å². The Labute approximate surface area is 150 Å². The summed E-state index contributed by atoms with van der Waals surface area (Å²) >= 11 is 0. The molecule has 0 amide bonds. The monoisotopic (exact) mass is 347 g/mol. The summed E-state index contributed by atoms with van der Waals surface area (Å²) in [5.41, 5.74) is 1.08. The zero-order chi connectivity index (χ0) is 18.1. The van der Waals surface area contributed by atoms with E-state index in [9.17, 15) is 4.79 Å². The van der Waals surface area contributed by atoms with E-state index in [0.717, 1.165) is 49.5 Å². The second-order valence-electron chi connectivity index (χ2n) is 6.15. The third kappa shape index (κ3) is 5.78. The van der Waals surface area contributed by atoms with E-state index in [0.29, 0.717) is 13.2 Å². The number of rotatable bonds is 8. The number of hydrogen-bond acceptors (Lipinski definition) is 5. The first kappa shape index (κ1) is 19.3. The second kappa shape index (κ2) is 10.1. The molecule has 0 aromatic heterocycles. The molecule has 0 unspecified atom stereocenters. The van der Waals surface area contributed by atoms with Crippen LogP contribution in [-0.2, 0) is 9.53 Å². The van der Waals surface area contributed by atoms with E-state index in [1.165, 1.54) is 0 Å². The molecule has 1 saturated heterocycles. The number of carbonyl (C=O) groups is 1. The standard InChI is InChI=1S/C20H29NO4/c1-4-7-16-9-10-18(19(14-16)23-3)25-13-12-21-11-6-8-17(15-21)20(22)24-5-2/h4,7,9-10,14,17H,5-6,8,11-13,15H2,1-3H3/b7-4-/t17-/m1/s1. The summed E-state index contributed by atoms with van der Waals surface area (Å²) in [6.45, 7) is 7.38. The lowest BCUT2D eigenvalue weighted by atomic mass is 9.98. The highest BCUT2D eigenvalue weighted by Crippen LogP contribution is 2.28. The Morgan fingerprint density at radius 2 is 2.20 bits per heavy atom. The Bertz CT molecular complexity index is 585. The minimum atomic E-state index is -0.0747. The van der Waals surface area contributed by atoms with Crippen LogP contribution in [0.3, 0.4) is 0 Å². The van der Waals surface area contributed by atoms with Crippen LogP contribution in [0.1, 0.15) is 32.3 Å². The third-order valence-corrected chi connectivity index (χ3v) is 4.34. The summed E-state index contributed by atoms with van der Waals surface area (Å²) in [7, 11) is 1.65. The van der Waals surface area contributed by atoms with Crippen molar-refractivity contribution in [1.82, 2.24) is 4.90 Å². The molecule has 0 radical (unpaired) electrons. The molecule has 25 heavy (non-hydrogen) atoms. The average molecular weight is 347 g/mol. The molecule has 5 nitrogen and oxygen atoms in total. The second-order valence-corrected chi connectivity index (χ2v) is 6.15. The molecule has 0 saturated carbocycles. The fourth-order valence-corrected chi connectivity index (χ4v) is 3.10. The summed E-state index contributed by atoms with van der Waals surface area (Å²) in [4.78, 5) is 14.2. The van der Waals surface area contributed by atoms with Gasteiger partial charge in [-0.05, 0) is 50.9 Å². The van der Waals surface area contributed by atoms with Crippen molar-refractivity contribution in [2.45, 2.75) is 26.7 Å². The van der Waals surface area contributed by atoms with E-state index in [-0.39, 0.29) is 11.9 Å². The number of piperidine rings is 1. The van der Waals surface area contributed by atoms with Gasteiger partial charge < -0.3 is 14.2 Å². The molecule has 1 aliphatic heterocycles. The van der Waals surface area contributed by atoms with Crippen LogP contribution >= 0.6 is 0 Å². The van der Waals surface area contributed by atoms with Gasteiger partial charge in [-0.25, -0.2) is 0 Å². The lowest BCUT2D eigenvalue weighted by Crippen LogP contribution is -2.41. The van der Waals surface area contributed by atoms with Crippen LogP contribution in [0, 0.1) is 5.92 Å². The van der Waals surface area contributed by atoms with E-state index in [4.69, 9.17) is 14.2 Å². The van der Waals surface area contributed by atoms with Gasteiger partial charge >= 0.3 is 5.97 Å². The summed E-state index contributed by atoms with van der Waals surface area (Å²) in [6, 6.07) is 5.91. The molecule has 0 N–H and O–H groups in total. The van der Waals surface area contributed by atoms with E-state index >= 15 is 0 Å². The first-order valence-corrected chi connectivity index (χ1v) is 9.00. The van der Waals surface area contributed by atoms with Crippen LogP contribution in [-0.4, -0.2) is 50.8 Å². The van der Waals surface area contributed by atoms with E-state index < -0.39 is 0 Å². The average Bonchev–Trinajstić information content (AvgIpc) is 2.63. The van der Waals surface area contributed by atoms with Crippen LogP contribution < -0.4 is 9.47 Å². The number of allylic oxidation sites excluding steroid dienone is 1. The molecule has 0 bridgehead atoms. The van der Waals surface area contributed by atoms with Crippen LogP contribution in [0.25, 0.3) is 6.08 Å². The molecule has 5 heteroatoms. The lowest BCUT2D eigenvalue weighted by molar-refractivity contribution is -0.150. The number of ether oxygens (including phenoxy) is 3. The van der Waals surface area contributed by atoms with Crippen LogP contribution in [0.4, 0.5) is 0 Å². The van der Waals surface area contributed by atoms with Gasteiger partial charge in [0.25, 0.3) is 0 Å². The molecule has 2 rings (SSSR count). The van der Waals surface area contributed by atoms with Crippen LogP contribution in [0.2, 0.25) is 0 Å². The van der Waals surface area contributed by atoms with E-state index in [1.54, 1.807) is 7.11 Å². The maximum atomic E-state index is 11.9. The highest BCUT2D eigenvalue weighted by atomic mass is 16.5. The number of benzene rings is 1. The maximum Gasteiger partial charge on any atom is 0.310 e. The van der Waals surface area contributed by atoms with Gasteiger partial charge in [0.15, 0.2) is 11.5 Å². The summed E-state index contributed by atoms with van der Waals surface area (Å²) in [5.74, 6) is 1.39. The van der Waals surface area contributed by atoms with Crippen molar-refractivity contribution in [3.8, 4) is 11.5 Å². The van der Waals surface area contributed by atoms with Crippen molar-refractivity contribution in [2.24, 2.45) is 5.92 Å². The predicted octanol–water partition coefficient (Wildman–Crippen LogP) is 3.38. The SMILES string of the molecule is C/C=C\c1ccc(OCCN2CCC[C@@H](C(=O)OCC)C2)c(OC)c1. The van der Waals surface area contributed by atoms with Crippen molar-refractivity contribution < 1.29 is 19.0 Å². The molecule has 1 aliphatic rings. The molecule has 0 spiro atoms. The smallest absolute Gasteiger partial charge is 0.310 e. The number of hydrogen-bond donors (Lipinski definition) is 0. The molecule has 1 aromatic carbocycles. The fourth-order valence-electron chi connectivity index (χ4n) is 3.10. The minimum Gasteiger partial charge on any atom is -0.493 e. The van der Waals surface area contributed by atoms with Gasteiger partial charge in [-0.3, -0.25) is 9.69 Å². The highest BCUT2D eigenvalue weighted by Gasteiger charge is 2.26. The van der Waals surface area contributed by atoms with Crippen LogP contribution in [0.5, 0.6) is 11.5 Å². The molecule has 1 aromatic rings. The first-order valence-electron chi connectivity index (χ1n) is 9.00. The predicted molar refractivity (Wildman–Crippen MR) is 99.0 cm³/mol. The first-order chi connectivity index (χ1) is 12.2. The van der Waals surface area contributed by atoms with Crippen molar-refractivity contribution in [2.75, 3.05) is 40.0 Å². The van der Waals surface area contributed by atoms with Gasteiger partial charge in [-0.1, -0.05) is 18.2 Å². The Kier molecular flexibility index (Phi) is 7.79. The Morgan fingerprint density at radius 1 is 1.36 bits per heavy atom. The molecular weight excluding hydrogens is 318 g/mol. The fraction of sp³-hybridized carbons (Fsp3) is 0.550.